The Morgan fingerprint density at radius 2 is 1.88 bits per heavy atom. The van der Waals surface area contributed by atoms with Crippen LogP contribution in [0.25, 0.3) is 0 Å². The third kappa shape index (κ3) is 2.31. The van der Waals surface area contributed by atoms with Crippen LogP contribution in [0.3, 0.4) is 0 Å². The molecule has 0 saturated carbocycles. The first-order chi connectivity index (χ1) is 7.66. The van der Waals surface area contributed by atoms with Gasteiger partial charge in [-0.2, -0.15) is 5.10 Å². The Balaban J connectivity index is 2.11. The molecule has 84 valence electrons. The van der Waals surface area contributed by atoms with Crippen LogP contribution in [0.1, 0.15) is 22.9 Å². The SMILES string of the molecule is Cc1ccc(C(N)Cn2nccc2C)cc1. The van der Waals surface area contributed by atoms with E-state index in [-0.39, 0.29) is 6.04 Å². The average Bonchev–Trinajstić information content (AvgIpc) is 2.65. The van der Waals surface area contributed by atoms with Crippen molar-refractivity contribution in [2.75, 3.05) is 0 Å². The van der Waals surface area contributed by atoms with Crippen molar-refractivity contribution in [3.63, 3.8) is 0 Å². The zero-order chi connectivity index (χ0) is 11.5. The van der Waals surface area contributed by atoms with Crippen LogP contribution in [0.5, 0.6) is 0 Å². The summed E-state index contributed by atoms with van der Waals surface area (Å²) in [6.07, 6.45) is 1.80. The number of rotatable bonds is 3. The summed E-state index contributed by atoms with van der Waals surface area (Å²) in [4.78, 5) is 0. The van der Waals surface area contributed by atoms with E-state index in [0.29, 0.717) is 0 Å². The van der Waals surface area contributed by atoms with Crippen LogP contribution < -0.4 is 5.73 Å². The molecule has 0 amide bonds. The van der Waals surface area contributed by atoms with Crippen molar-refractivity contribution < 1.29 is 0 Å². The molecule has 0 saturated heterocycles. The van der Waals surface area contributed by atoms with E-state index in [1.54, 1.807) is 6.20 Å². The fraction of sp³-hybridized carbons (Fsp3) is 0.308. The van der Waals surface area contributed by atoms with Crippen LogP contribution >= 0.6 is 0 Å². The highest BCUT2D eigenvalue weighted by Crippen LogP contribution is 2.13. The number of benzene rings is 1. The molecular weight excluding hydrogens is 198 g/mol. The Kier molecular flexibility index (Phi) is 3.06. The van der Waals surface area contributed by atoms with E-state index in [9.17, 15) is 0 Å². The van der Waals surface area contributed by atoms with Gasteiger partial charge in [0.1, 0.15) is 0 Å². The summed E-state index contributed by atoms with van der Waals surface area (Å²) >= 11 is 0. The molecule has 1 aromatic heterocycles. The summed E-state index contributed by atoms with van der Waals surface area (Å²) in [5.74, 6) is 0. The fourth-order valence-corrected chi connectivity index (χ4v) is 1.70. The van der Waals surface area contributed by atoms with Crippen molar-refractivity contribution in [3.8, 4) is 0 Å². The minimum absolute atomic E-state index is 0.000741. The maximum Gasteiger partial charge on any atom is 0.0605 e. The molecule has 0 spiro atoms. The van der Waals surface area contributed by atoms with E-state index in [4.69, 9.17) is 5.73 Å². The minimum atomic E-state index is -0.000741. The molecule has 3 nitrogen and oxygen atoms in total. The number of aromatic nitrogens is 2. The molecule has 0 fully saturated rings. The van der Waals surface area contributed by atoms with Crippen LogP contribution in [0.2, 0.25) is 0 Å². The van der Waals surface area contributed by atoms with Crippen LogP contribution in [-0.4, -0.2) is 9.78 Å². The standard InChI is InChI=1S/C13H17N3/c1-10-3-5-12(6-4-10)13(14)9-16-11(2)7-8-15-16/h3-8,13H,9,14H2,1-2H3. The van der Waals surface area contributed by atoms with E-state index in [1.165, 1.54) is 5.56 Å². The number of nitrogens with zero attached hydrogens (tertiary/aromatic N) is 2. The molecule has 1 atom stereocenters. The zero-order valence-electron chi connectivity index (χ0n) is 9.72. The van der Waals surface area contributed by atoms with Gasteiger partial charge in [0.25, 0.3) is 0 Å². The Morgan fingerprint density at radius 1 is 1.19 bits per heavy atom. The fourth-order valence-electron chi connectivity index (χ4n) is 1.70. The molecule has 0 radical (unpaired) electrons. The molecule has 16 heavy (non-hydrogen) atoms. The molecule has 0 bridgehead atoms. The lowest BCUT2D eigenvalue weighted by Gasteiger charge is -2.13. The summed E-state index contributed by atoms with van der Waals surface area (Å²) < 4.78 is 1.94. The number of hydrogen-bond acceptors (Lipinski definition) is 2. The minimum Gasteiger partial charge on any atom is -0.322 e. The topological polar surface area (TPSA) is 43.8 Å². The van der Waals surface area contributed by atoms with Gasteiger partial charge in [-0.3, -0.25) is 4.68 Å². The van der Waals surface area contributed by atoms with Crippen LogP contribution in [0, 0.1) is 13.8 Å². The van der Waals surface area contributed by atoms with Gasteiger partial charge in [0, 0.05) is 17.9 Å². The summed E-state index contributed by atoms with van der Waals surface area (Å²) in [5.41, 5.74) is 9.69. The van der Waals surface area contributed by atoms with Crippen molar-refractivity contribution in [2.24, 2.45) is 5.73 Å². The van der Waals surface area contributed by atoms with E-state index in [2.05, 4.69) is 36.3 Å². The van der Waals surface area contributed by atoms with Crippen LogP contribution in [0.4, 0.5) is 0 Å². The lowest BCUT2D eigenvalue weighted by atomic mass is 10.1. The predicted molar refractivity (Wildman–Crippen MR) is 65.1 cm³/mol. The molecule has 2 rings (SSSR count). The monoisotopic (exact) mass is 215 g/mol. The Labute approximate surface area is 95.9 Å². The quantitative estimate of drug-likeness (QED) is 0.853. The first-order valence-electron chi connectivity index (χ1n) is 5.47. The van der Waals surface area contributed by atoms with Gasteiger partial charge in [0.05, 0.1) is 6.54 Å². The van der Waals surface area contributed by atoms with Crippen molar-refractivity contribution >= 4 is 0 Å². The van der Waals surface area contributed by atoms with Gasteiger partial charge in [-0.15, -0.1) is 0 Å². The molecule has 1 heterocycles. The molecule has 3 heteroatoms. The molecule has 2 aromatic rings. The second kappa shape index (κ2) is 4.49. The number of hydrogen-bond donors (Lipinski definition) is 1. The maximum absolute atomic E-state index is 6.14. The largest absolute Gasteiger partial charge is 0.322 e. The predicted octanol–water partition coefficient (Wildman–Crippen LogP) is 2.20. The highest BCUT2D eigenvalue weighted by atomic mass is 15.3. The smallest absolute Gasteiger partial charge is 0.0605 e. The summed E-state index contributed by atoms with van der Waals surface area (Å²) in [6, 6.07) is 10.3. The highest BCUT2D eigenvalue weighted by molar-refractivity contribution is 5.23. The van der Waals surface area contributed by atoms with Crippen molar-refractivity contribution in [2.45, 2.75) is 26.4 Å². The van der Waals surface area contributed by atoms with E-state index in [0.717, 1.165) is 17.8 Å². The van der Waals surface area contributed by atoms with E-state index >= 15 is 0 Å². The van der Waals surface area contributed by atoms with Gasteiger partial charge in [0.2, 0.25) is 0 Å². The molecule has 1 unspecified atom stereocenters. The third-order valence-electron chi connectivity index (χ3n) is 2.80. The summed E-state index contributed by atoms with van der Waals surface area (Å²) in [5, 5.41) is 4.24. The van der Waals surface area contributed by atoms with E-state index < -0.39 is 0 Å². The van der Waals surface area contributed by atoms with Crippen LogP contribution in [-0.2, 0) is 6.54 Å². The Morgan fingerprint density at radius 3 is 2.44 bits per heavy atom. The molecule has 0 aliphatic carbocycles. The van der Waals surface area contributed by atoms with E-state index in [1.807, 2.05) is 17.7 Å². The number of aryl methyl sites for hydroxylation is 2. The summed E-state index contributed by atoms with van der Waals surface area (Å²) in [6.45, 7) is 4.84. The summed E-state index contributed by atoms with van der Waals surface area (Å²) in [7, 11) is 0. The zero-order valence-corrected chi connectivity index (χ0v) is 9.72. The molecule has 0 aliphatic heterocycles. The van der Waals surface area contributed by atoms with Gasteiger partial charge in [-0.05, 0) is 25.5 Å². The second-order valence-corrected chi connectivity index (χ2v) is 4.17. The molecular formula is C13H17N3. The third-order valence-corrected chi connectivity index (χ3v) is 2.80. The average molecular weight is 215 g/mol. The first-order valence-corrected chi connectivity index (χ1v) is 5.47. The molecule has 2 N–H and O–H groups in total. The Bertz CT molecular complexity index is 456. The van der Waals surface area contributed by atoms with Crippen LogP contribution in [0.15, 0.2) is 36.5 Å². The van der Waals surface area contributed by atoms with Gasteiger partial charge < -0.3 is 5.73 Å². The van der Waals surface area contributed by atoms with Crippen molar-refractivity contribution in [1.82, 2.24) is 9.78 Å². The van der Waals surface area contributed by atoms with Crippen molar-refractivity contribution in [3.05, 3.63) is 53.3 Å². The Hall–Kier alpha value is -1.61. The maximum atomic E-state index is 6.14. The molecule has 1 aromatic carbocycles. The number of nitrogens with two attached hydrogens (primary N) is 1. The normalized spacial score (nSPS) is 12.7. The van der Waals surface area contributed by atoms with Gasteiger partial charge in [0.15, 0.2) is 0 Å². The lowest BCUT2D eigenvalue weighted by molar-refractivity contribution is 0.517. The molecule has 0 aliphatic rings. The van der Waals surface area contributed by atoms with Crippen molar-refractivity contribution in [1.29, 1.82) is 0 Å². The van der Waals surface area contributed by atoms with Gasteiger partial charge in [-0.1, -0.05) is 29.8 Å². The first kappa shape index (κ1) is 10.9. The second-order valence-electron chi connectivity index (χ2n) is 4.17. The van der Waals surface area contributed by atoms with Gasteiger partial charge in [-0.25, -0.2) is 0 Å². The lowest BCUT2D eigenvalue weighted by Crippen LogP contribution is -2.19. The highest BCUT2D eigenvalue weighted by Gasteiger charge is 2.07. The van der Waals surface area contributed by atoms with Gasteiger partial charge >= 0.3 is 0 Å².